The van der Waals surface area contributed by atoms with Gasteiger partial charge in [-0.05, 0) is 12.8 Å². The van der Waals surface area contributed by atoms with Gasteiger partial charge in [0.05, 0.1) is 78.9 Å². The number of carboxylic acids is 2. The third kappa shape index (κ3) is 37.3. The van der Waals surface area contributed by atoms with Crippen LogP contribution in [0.2, 0.25) is 0 Å². The van der Waals surface area contributed by atoms with E-state index in [1.54, 1.807) is 24.3 Å². The fourth-order valence-electron chi connectivity index (χ4n) is 2.52. The zero-order chi connectivity index (χ0) is 33.1. The summed E-state index contributed by atoms with van der Waals surface area (Å²) >= 11 is 7.36. The summed E-state index contributed by atoms with van der Waals surface area (Å²) in [5, 5.41) is 34.5. The predicted octanol–water partition coefficient (Wildman–Crippen LogP) is 4.34. The molecule has 0 aliphatic rings. The van der Waals surface area contributed by atoms with E-state index >= 15 is 0 Å². The van der Waals surface area contributed by atoms with Crippen molar-refractivity contribution in [3.05, 3.63) is 50.6 Å². The normalized spacial score (nSPS) is 10.2. The van der Waals surface area contributed by atoms with Crippen LogP contribution in [0, 0.1) is 10.8 Å². The fraction of sp³-hybridized carbons (Fsp3) is 0.667. The van der Waals surface area contributed by atoms with Crippen molar-refractivity contribution in [3.63, 3.8) is 0 Å². The maximum absolute atomic E-state index is 9.55. The van der Waals surface area contributed by atoms with E-state index in [2.05, 4.69) is 51.6 Å². The van der Waals surface area contributed by atoms with Crippen molar-refractivity contribution >= 4 is 37.2 Å². The number of hydrogen-bond donors (Lipinski definition) is 6. The molecular weight excluding hydrogens is 676 g/mol. The van der Waals surface area contributed by atoms with Gasteiger partial charge in [0.1, 0.15) is 0 Å². The number of aliphatic hydroxyl groups is 2. The largest absolute Gasteiger partial charge is 0.481 e. The molecule has 0 aliphatic carbocycles. The number of aliphatic hydroxyl groups excluding tert-OH is 2. The number of thiol groups is 2. The Bertz CT molecular complexity index is 585. The molecule has 0 heterocycles. The zero-order valence-electron chi connectivity index (χ0n) is 26.1. The summed E-state index contributed by atoms with van der Waals surface area (Å²) in [6.45, 7) is 22.4. The molecule has 13 heteroatoms. The van der Waals surface area contributed by atoms with Crippen LogP contribution in [0.15, 0.2) is 50.6 Å². The smallest absolute Gasteiger partial charge is 0.304 e. The molecule has 4 N–H and O–H groups in total. The Morgan fingerprint density at radius 1 is 0.628 bits per heavy atom. The average Bonchev–Trinajstić information content (AvgIpc) is 2.97. The van der Waals surface area contributed by atoms with Gasteiger partial charge in [-0.1, -0.05) is 38.2 Å². The van der Waals surface area contributed by atoms with Gasteiger partial charge in [-0.15, -0.1) is 26.3 Å². The molecule has 0 amide bonds. The van der Waals surface area contributed by atoms with Crippen LogP contribution in [0.3, 0.4) is 0 Å². The van der Waals surface area contributed by atoms with Crippen LogP contribution in [0.5, 0.6) is 0 Å². The van der Waals surface area contributed by atoms with E-state index in [-0.39, 0.29) is 63.1 Å². The molecule has 0 unspecified atom stereocenters. The van der Waals surface area contributed by atoms with Crippen molar-refractivity contribution in [1.82, 2.24) is 0 Å². The maximum Gasteiger partial charge on any atom is 0.304 e. The minimum Gasteiger partial charge on any atom is -0.481 e. The molecule has 10 nitrogen and oxygen atoms in total. The Hall–Kier alpha value is -0.757. The molecule has 0 aromatic heterocycles. The SMILES string of the molecule is C=CCOCC(CC)(CO)COCC=C.C=CCOCC(CC)(CO)COCC=C.O=C(O)CCS.O=C(O)CCS.[Zr]. The molecule has 0 spiro atoms. The molecule has 0 atom stereocenters. The van der Waals surface area contributed by atoms with Crippen molar-refractivity contribution in [1.29, 1.82) is 0 Å². The number of carbonyl (C=O) groups is 2. The van der Waals surface area contributed by atoms with Crippen molar-refractivity contribution in [2.45, 2.75) is 39.5 Å². The van der Waals surface area contributed by atoms with Gasteiger partial charge in [0.25, 0.3) is 0 Å². The Labute approximate surface area is 289 Å². The fourth-order valence-corrected chi connectivity index (χ4v) is 2.91. The first-order chi connectivity index (χ1) is 20.0. The van der Waals surface area contributed by atoms with Gasteiger partial charge < -0.3 is 39.4 Å². The Kier molecular flexibility index (Phi) is 47.3. The minimum absolute atomic E-state index is 0. The molecule has 0 saturated carbocycles. The van der Waals surface area contributed by atoms with Crippen LogP contribution in [-0.4, -0.2) is 110 Å². The van der Waals surface area contributed by atoms with Gasteiger partial charge in [0, 0.05) is 48.5 Å². The second-order valence-corrected chi connectivity index (χ2v) is 9.87. The van der Waals surface area contributed by atoms with Crippen molar-refractivity contribution in [3.8, 4) is 0 Å². The maximum atomic E-state index is 9.55. The number of rotatable bonds is 24. The van der Waals surface area contributed by atoms with E-state index in [4.69, 9.17) is 29.2 Å². The van der Waals surface area contributed by atoms with E-state index in [0.29, 0.717) is 64.4 Å². The zero-order valence-corrected chi connectivity index (χ0v) is 30.3. The van der Waals surface area contributed by atoms with Gasteiger partial charge in [-0.25, -0.2) is 0 Å². The number of aliphatic carboxylic acids is 2. The number of hydrogen-bond acceptors (Lipinski definition) is 10. The molecule has 252 valence electrons. The van der Waals surface area contributed by atoms with E-state index in [1.807, 2.05) is 13.8 Å². The first-order valence-corrected chi connectivity index (χ1v) is 14.9. The van der Waals surface area contributed by atoms with Crippen LogP contribution < -0.4 is 0 Å². The first-order valence-electron chi connectivity index (χ1n) is 13.6. The van der Waals surface area contributed by atoms with Crippen LogP contribution in [0.25, 0.3) is 0 Å². The van der Waals surface area contributed by atoms with Crippen molar-refractivity contribution in [2.75, 3.05) is 77.6 Å². The van der Waals surface area contributed by atoms with Crippen LogP contribution in [-0.2, 0) is 54.7 Å². The van der Waals surface area contributed by atoms with Crippen molar-refractivity contribution in [2.24, 2.45) is 10.8 Å². The summed E-state index contributed by atoms with van der Waals surface area (Å²) < 4.78 is 21.5. The summed E-state index contributed by atoms with van der Waals surface area (Å²) in [4.78, 5) is 19.1. The van der Waals surface area contributed by atoms with Crippen LogP contribution in [0.4, 0.5) is 0 Å². The third-order valence-corrected chi connectivity index (χ3v) is 5.85. The molecule has 0 saturated heterocycles. The van der Waals surface area contributed by atoms with Crippen molar-refractivity contribution < 1.29 is 75.2 Å². The Balaban J connectivity index is -0.000000161. The summed E-state index contributed by atoms with van der Waals surface area (Å²) in [5.41, 5.74) is -0.599. The standard InChI is InChI=1S/2C12H22O3.2C3H6O2S.Zr/c2*1-4-7-14-10-12(6-3,9-13)11-15-8-5-2;2*4-3(5)1-2-6;/h2*4-5,13H,1-2,6-11H2,3H3;2*6H,1-2H2,(H,4,5);. The summed E-state index contributed by atoms with van der Waals surface area (Å²) in [6.07, 6.45) is 8.73. The van der Waals surface area contributed by atoms with Gasteiger partial charge in [-0.2, -0.15) is 25.3 Å². The topological polar surface area (TPSA) is 152 Å². The molecule has 43 heavy (non-hydrogen) atoms. The van der Waals surface area contributed by atoms with E-state index in [1.165, 1.54) is 0 Å². The number of ether oxygens (including phenoxy) is 4. The predicted molar refractivity (Wildman–Crippen MR) is 176 cm³/mol. The van der Waals surface area contributed by atoms with Crippen LogP contribution in [0.1, 0.15) is 39.5 Å². The van der Waals surface area contributed by atoms with Gasteiger partial charge >= 0.3 is 11.9 Å². The summed E-state index contributed by atoms with van der Waals surface area (Å²) in [5.74, 6) is -0.722. The van der Waals surface area contributed by atoms with Gasteiger partial charge in [-0.3, -0.25) is 9.59 Å². The number of carboxylic acid groups (broad SMARTS) is 2. The molecule has 0 aliphatic heterocycles. The Morgan fingerprint density at radius 3 is 0.953 bits per heavy atom. The van der Waals surface area contributed by atoms with E-state index < -0.39 is 11.9 Å². The minimum atomic E-state index is -0.787. The first kappa shape index (κ1) is 51.8. The molecule has 0 rings (SSSR count). The van der Waals surface area contributed by atoms with Gasteiger partial charge in [0.15, 0.2) is 0 Å². The average molecular weight is 732 g/mol. The van der Waals surface area contributed by atoms with E-state index in [0.717, 1.165) is 12.8 Å². The summed E-state index contributed by atoms with van der Waals surface area (Å²) in [7, 11) is 0. The second kappa shape index (κ2) is 39.3. The molecule has 0 aromatic carbocycles. The molecule has 0 radical (unpaired) electrons. The quantitative estimate of drug-likeness (QED) is 0.0481. The second-order valence-electron chi connectivity index (χ2n) is 8.97. The molecule has 0 fully saturated rings. The molecule has 0 aromatic rings. The molecular formula is C30H56O10S2Zr. The molecule has 0 bridgehead atoms. The summed E-state index contributed by atoms with van der Waals surface area (Å²) in [6, 6.07) is 0. The monoisotopic (exact) mass is 730 g/mol. The van der Waals surface area contributed by atoms with Crippen LogP contribution >= 0.6 is 25.3 Å². The Morgan fingerprint density at radius 2 is 0.860 bits per heavy atom. The van der Waals surface area contributed by atoms with Gasteiger partial charge in [0.2, 0.25) is 0 Å². The van der Waals surface area contributed by atoms with E-state index in [9.17, 15) is 19.8 Å². The third-order valence-electron chi connectivity index (χ3n) is 5.40.